The summed E-state index contributed by atoms with van der Waals surface area (Å²) in [5.74, 6) is -0.188. The Morgan fingerprint density at radius 3 is 1.60 bits per heavy atom. The molecule has 0 aromatic rings. The minimum Gasteiger partial charge on any atom is -0.458 e. The van der Waals surface area contributed by atoms with E-state index in [0.717, 1.165) is 32.1 Å². The van der Waals surface area contributed by atoms with Gasteiger partial charge >= 0.3 is 5.97 Å². The molecule has 32 heteroatoms. The summed E-state index contributed by atoms with van der Waals surface area (Å²) in [6, 6.07) is 0. The fourth-order valence-corrected chi connectivity index (χ4v) is 17.9. The molecule has 1 spiro atoms. The molecule has 7 saturated heterocycles. The second kappa shape index (κ2) is 27.5. The summed E-state index contributed by atoms with van der Waals surface area (Å²) in [5.41, 5.74) is 0.436. The third-order valence-corrected chi connectivity index (χ3v) is 23.8. The number of hydrogen-bond acceptors (Lipinski definition) is 32. The molecule has 7 aliphatic heterocycles. The van der Waals surface area contributed by atoms with Crippen molar-refractivity contribution in [3.8, 4) is 0 Å². The normalized spacial score (nSPS) is 55.2. The van der Waals surface area contributed by atoms with E-state index in [-0.39, 0.29) is 40.7 Å². The standard InChI is InChI=1S/C61H98O32/c1-22-15-33(67)93-61(22)14-13-59(5)25-7-8-31-57(3,24(25)9-12-60(59,61)6)11-10-32(58(31,4)21-65)88-52-45(79)42(76)38(72)30(87-52)20-82-54-48(35(69)26(66)19-81-54)91-56-50(92-51-44(78)40(74)34(68)23(2)83-51)47(39(73)29(18-64)86-56)89-55-49(43(77)37(71)28(17-63)85-55)90-53-46(80)41(75)36(70)27(16-62)84-53/h22-23,26-32,34-56,62-66,68-80H,7-21H2,1-6H3/t22-,23+,26+,27-,28-,29-,30-,31-,32+,34+,35+,36-,37-,38-,39-,40-,41+,42+,43+,44-,45-,46-,47+,48-,49-,50-,51+,52+,53+,54+,55+,56+,57-,58-,59+,60+,61+/m1/s1. The van der Waals surface area contributed by atoms with Crippen LogP contribution in [0.25, 0.3) is 0 Å². The van der Waals surface area contributed by atoms with Crippen molar-refractivity contribution in [3.63, 3.8) is 0 Å². The van der Waals surface area contributed by atoms with Crippen molar-refractivity contribution in [1.82, 2.24) is 0 Å². The van der Waals surface area contributed by atoms with Gasteiger partial charge in [0.2, 0.25) is 0 Å². The average molecular weight is 1340 g/mol. The van der Waals surface area contributed by atoms with Crippen LogP contribution in [-0.4, -0.2) is 327 Å². The molecular formula is C61H98O32. The predicted molar refractivity (Wildman–Crippen MR) is 304 cm³/mol. The summed E-state index contributed by atoms with van der Waals surface area (Å²) in [4.78, 5) is 12.8. The molecular weight excluding hydrogens is 1240 g/mol. The first-order valence-electron chi connectivity index (χ1n) is 32.6. The highest BCUT2D eigenvalue weighted by Crippen LogP contribution is 2.75. The summed E-state index contributed by atoms with van der Waals surface area (Å²) in [6.45, 7) is 7.63. The van der Waals surface area contributed by atoms with Crippen molar-refractivity contribution in [2.24, 2.45) is 33.5 Å². The van der Waals surface area contributed by atoms with Crippen LogP contribution in [0.15, 0.2) is 11.1 Å². The second-order valence-corrected chi connectivity index (χ2v) is 28.7. The number of allylic oxidation sites excluding steroid dienone is 2. The third kappa shape index (κ3) is 12.1. The second-order valence-electron chi connectivity index (χ2n) is 28.7. The van der Waals surface area contributed by atoms with Gasteiger partial charge in [-0.3, -0.25) is 4.79 Å². The minimum absolute atomic E-state index is 0.0819. The van der Waals surface area contributed by atoms with Crippen molar-refractivity contribution >= 4 is 5.97 Å². The van der Waals surface area contributed by atoms with Gasteiger partial charge in [-0.05, 0) is 75.0 Å². The van der Waals surface area contributed by atoms with E-state index in [1.165, 1.54) is 18.1 Å². The van der Waals surface area contributed by atoms with Crippen LogP contribution in [0.5, 0.6) is 0 Å². The van der Waals surface area contributed by atoms with Crippen molar-refractivity contribution < 1.29 is 158 Å². The molecule has 18 N–H and O–H groups in total. The first-order valence-corrected chi connectivity index (χ1v) is 32.6. The minimum atomic E-state index is -2.16. The maximum Gasteiger partial charge on any atom is 0.306 e. The molecule has 0 amide bonds. The molecule has 37 atom stereocenters. The van der Waals surface area contributed by atoms with Gasteiger partial charge in [0.05, 0.1) is 58.3 Å². The van der Waals surface area contributed by atoms with E-state index >= 15 is 0 Å². The molecule has 534 valence electrons. The van der Waals surface area contributed by atoms with E-state index in [2.05, 4.69) is 27.7 Å². The Balaban J connectivity index is 0.828. The Bertz CT molecular complexity index is 2610. The number of carbonyl (C=O) groups is 1. The number of carbonyl (C=O) groups excluding carboxylic acids is 1. The Kier molecular flexibility index (Phi) is 21.4. The molecule has 0 aromatic carbocycles. The zero-order valence-corrected chi connectivity index (χ0v) is 52.8. The van der Waals surface area contributed by atoms with E-state index in [0.29, 0.717) is 25.7 Å². The lowest BCUT2D eigenvalue weighted by Crippen LogP contribution is -2.69. The van der Waals surface area contributed by atoms with Crippen LogP contribution >= 0.6 is 0 Å². The molecule has 7 heterocycles. The number of aliphatic hydroxyl groups is 18. The molecule has 32 nitrogen and oxygen atoms in total. The van der Waals surface area contributed by atoms with Crippen molar-refractivity contribution in [3.05, 3.63) is 11.1 Å². The van der Waals surface area contributed by atoms with Gasteiger partial charge in [-0.1, -0.05) is 45.8 Å². The lowest BCUT2D eigenvalue weighted by molar-refractivity contribution is -0.414. The Labute approximate surface area is 536 Å². The van der Waals surface area contributed by atoms with E-state index in [4.69, 9.17) is 61.6 Å². The highest BCUT2D eigenvalue weighted by Gasteiger charge is 2.73. The Morgan fingerprint density at radius 1 is 0.473 bits per heavy atom. The maximum atomic E-state index is 12.8. The molecule has 11 rings (SSSR count). The van der Waals surface area contributed by atoms with Crippen LogP contribution in [-0.2, 0) is 66.4 Å². The van der Waals surface area contributed by atoms with E-state index in [9.17, 15) is 96.7 Å². The van der Waals surface area contributed by atoms with Gasteiger partial charge in [-0.25, -0.2) is 0 Å². The van der Waals surface area contributed by atoms with Gasteiger partial charge in [0.1, 0.15) is 140 Å². The van der Waals surface area contributed by atoms with Crippen molar-refractivity contribution in [1.29, 1.82) is 0 Å². The van der Waals surface area contributed by atoms with Crippen LogP contribution in [0, 0.1) is 33.5 Å². The highest BCUT2D eigenvalue weighted by atomic mass is 16.8. The quantitative estimate of drug-likeness (QED) is 0.0475. The van der Waals surface area contributed by atoms with E-state index < -0.39 is 228 Å². The van der Waals surface area contributed by atoms with Gasteiger partial charge < -0.3 is 153 Å². The third-order valence-electron chi connectivity index (χ3n) is 23.8. The number of rotatable bonds is 17. The number of fused-ring (bicyclic) bond motifs is 5. The maximum absolute atomic E-state index is 12.8. The van der Waals surface area contributed by atoms with Crippen LogP contribution in [0.1, 0.15) is 99.3 Å². The van der Waals surface area contributed by atoms with E-state index in [1.807, 2.05) is 6.92 Å². The summed E-state index contributed by atoms with van der Waals surface area (Å²) < 4.78 is 79.0. The molecule has 0 radical (unpaired) electrons. The summed E-state index contributed by atoms with van der Waals surface area (Å²) in [6.07, 6.45) is -49.8. The molecule has 11 aliphatic rings. The fraction of sp³-hybridized carbons (Fsp3) is 0.951. The predicted octanol–water partition coefficient (Wildman–Crippen LogP) is -6.61. The lowest BCUT2D eigenvalue weighted by atomic mass is 9.42. The van der Waals surface area contributed by atoms with Gasteiger partial charge in [-0.2, -0.15) is 0 Å². The summed E-state index contributed by atoms with van der Waals surface area (Å²) in [5, 5.41) is 199. The van der Waals surface area contributed by atoms with Crippen LogP contribution in [0.3, 0.4) is 0 Å². The van der Waals surface area contributed by atoms with Crippen molar-refractivity contribution in [2.45, 2.75) is 289 Å². The Morgan fingerprint density at radius 2 is 0.989 bits per heavy atom. The molecule has 0 unspecified atom stereocenters. The topological polar surface area (TPSA) is 501 Å². The average Bonchev–Trinajstić information content (AvgIpc) is 1.58. The summed E-state index contributed by atoms with van der Waals surface area (Å²) in [7, 11) is 0. The largest absolute Gasteiger partial charge is 0.458 e. The number of ether oxygens (including phenoxy) is 13. The number of aliphatic hydroxyl groups excluding tert-OH is 18. The summed E-state index contributed by atoms with van der Waals surface area (Å²) >= 11 is 0. The van der Waals surface area contributed by atoms with Gasteiger partial charge in [0, 0.05) is 16.7 Å². The SMILES string of the molecule is C[C@@H]1O[C@@H](O[C@H]2[C@H](O[C@H]3[C@H](OC[C@H]4O[C@@H](O[C@H]5CC[C@]6(C)C7=C(CC[C@H]6[C@@]5(C)CO)[C@]5(C)CC[C@@]6(OC(=O)C[C@H]6C)[C@@]5(C)CC7)[C@H](O)[C@@H](O)[C@@H]4O)OC[C@H](O)[C@@H]3O)O[C@H](CO)[C@@H](O)[C@@H]2O[C@@H]2O[C@H](CO)[C@@H](O)[C@H](O)[C@H]2O[C@@H]2O[C@H](CO)[C@@H](O)[C@H](O)[C@H]2O)[C@H](O)[C@H](O)[C@H]1O. The Hall–Kier alpha value is -1.99. The van der Waals surface area contributed by atoms with Gasteiger partial charge in [-0.15, -0.1) is 0 Å². The molecule has 0 bridgehead atoms. The molecule has 2 saturated carbocycles. The number of hydrogen-bond donors (Lipinski definition) is 18. The molecule has 93 heavy (non-hydrogen) atoms. The van der Waals surface area contributed by atoms with E-state index in [1.54, 1.807) is 0 Å². The fourth-order valence-electron chi connectivity index (χ4n) is 17.9. The van der Waals surface area contributed by atoms with Crippen LogP contribution < -0.4 is 0 Å². The van der Waals surface area contributed by atoms with Gasteiger partial charge in [0.25, 0.3) is 0 Å². The number of esters is 1. The highest BCUT2D eigenvalue weighted by molar-refractivity contribution is 5.73. The smallest absolute Gasteiger partial charge is 0.306 e. The monoisotopic (exact) mass is 1340 g/mol. The zero-order valence-electron chi connectivity index (χ0n) is 52.8. The first-order chi connectivity index (χ1) is 43.9. The van der Waals surface area contributed by atoms with Crippen LogP contribution in [0.4, 0.5) is 0 Å². The molecule has 9 fully saturated rings. The van der Waals surface area contributed by atoms with Crippen molar-refractivity contribution in [2.75, 3.05) is 39.6 Å². The zero-order chi connectivity index (χ0) is 67.5. The first kappa shape index (κ1) is 72.3. The molecule has 4 aliphatic carbocycles. The van der Waals surface area contributed by atoms with Crippen LogP contribution in [0.2, 0.25) is 0 Å². The lowest BCUT2D eigenvalue weighted by Gasteiger charge is -2.63. The van der Waals surface area contributed by atoms with Gasteiger partial charge in [0.15, 0.2) is 37.7 Å². The molecule has 0 aromatic heterocycles.